The number of aromatic nitrogens is 1. The van der Waals surface area contributed by atoms with Crippen molar-refractivity contribution < 1.29 is 9.72 Å². The van der Waals surface area contributed by atoms with E-state index in [9.17, 15) is 14.9 Å². The molecule has 0 saturated carbocycles. The highest BCUT2D eigenvalue weighted by Crippen LogP contribution is 2.31. The maximum Gasteiger partial charge on any atom is 0.270 e. The van der Waals surface area contributed by atoms with E-state index < -0.39 is 4.92 Å². The number of thioether (sulfide) groups is 1. The smallest absolute Gasteiger partial charge is 0.270 e. The predicted octanol–water partition coefficient (Wildman–Crippen LogP) is 3.68. The Labute approximate surface area is 164 Å². The lowest BCUT2D eigenvalue weighted by molar-refractivity contribution is -0.384. The number of nitro benzene ring substituents is 1. The zero-order valence-corrected chi connectivity index (χ0v) is 16.5. The lowest BCUT2D eigenvalue weighted by Crippen LogP contribution is -2.24. The van der Waals surface area contributed by atoms with Crippen molar-refractivity contribution >= 4 is 50.6 Å². The molecule has 1 amide bonds. The molecule has 3 rings (SSSR count). The number of hydrogen-bond donors (Lipinski definition) is 1. The minimum atomic E-state index is -0.426. The minimum Gasteiger partial charge on any atom is -0.378 e. The molecule has 0 saturated heterocycles. The molecular weight excluding hydrogens is 384 g/mol. The van der Waals surface area contributed by atoms with Crippen LogP contribution >= 0.6 is 23.1 Å². The number of carbonyl (C=O) groups is 1. The van der Waals surface area contributed by atoms with E-state index in [-0.39, 0.29) is 17.3 Å². The molecule has 0 bridgehead atoms. The molecule has 9 heteroatoms. The second-order valence-corrected chi connectivity index (χ2v) is 8.27. The number of thiazole rings is 1. The summed E-state index contributed by atoms with van der Waals surface area (Å²) in [5, 5.41) is 13.7. The van der Waals surface area contributed by atoms with Gasteiger partial charge in [-0.2, -0.15) is 0 Å². The summed E-state index contributed by atoms with van der Waals surface area (Å²) in [7, 11) is 3.96. The van der Waals surface area contributed by atoms with Gasteiger partial charge in [-0.3, -0.25) is 14.9 Å². The number of benzene rings is 2. The first-order valence-corrected chi connectivity index (χ1v) is 9.93. The van der Waals surface area contributed by atoms with Gasteiger partial charge >= 0.3 is 0 Å². The molecule has 1 aromatic heterocycles. The van der Waals surface area contributed by atoms with E-state index in [1.807, 2.05) is 43.3 Å². The van der Waals surface area contributed by atoms with Crippen molar-refractivity contribution in [2.24, 2.45) is 0 Å². The molecule has 0 spiro atoms. The van der Waals surface area contributed by atoms with Gasteiger partial charge < -0.3 is 10.2 Å². The highest BCUT2D eigenvalue weighted by atomic mass is 32.2. The second-order valence-electron chi connectivity index (χ2n) is 6.02. The molecule has 0 unspecified atom stereocenters. The van der Waals surface area contributed by atoms with Gasteiger partial charge in [0.25, 0.3) is 5.69 Å². The Morgan fingerprint density at radius 2 is 2.00 bits per heavy atom. The van der Waals surface area contributed by atoms with E-state index in [1.54, 1.807) is 6.07 Å². The Balaban J connectivity index is 1.52. The van der Waals surface area contributed by atoms with Gasteiger partial charge in [0.2, 0.25) is 5.91 Å². The molecule has 0 aliphatic carbocycles. The number of amides is 1. The molecule has 140 valence electrons. The van der Waals surface area contributed by atoms with Gasteiger partial charge in [-0.1, -0.05) is 23.9 Å². The Bertz CT molecular complexity index is 970. The fourth-order valence-corrected chi connectivity index (χ4v) is 4.29. The SMILES string of the molecule is CN(C)c1ccc(CNC(=O)CSc2nc3ccc([N+](=O)[O-])cc3s2)cc1. The highest BCUT2D eigenvalue weighted by molar-refractivity contribution is 8.01. The number of rotatable bonds is 7. The molecule has 2 aromatic carbocycles. The maximum atomic E-state index is 12.1. The van der Waals surface area contributed by atoms with Gasteiger partial charge in [0, 0.05) is 38.5 Å². The molecule has 0 fully saturated rings. The number of carbonyl (C=O) groups excluding carboxylic acids is 1. The first-order valence-electron chi connectivity index (χ1n) is 8.13. The van der Waals surface area contributed by atoms with E-state index in [4.69, 9.17) is 0 Å². The fraction of sp³-hybridized carbons (Fsp3) is 0.222. The fourth-order valence-electron chi connectivity index (χ4n) is 2.36. The maximum absolute atomic E-state index is 12.1. The van der Waals surface area contributed by atoms with Gasteiger partial charge in [-0.25, -0.2) is 4.98 Å². The van der Waals surface area contributed by atoms with Crippen LogP contribution in [0.1, 0.15) is 5.56 Å². The third-order valence-electron chi connectivity index (χ3n) is 3.83. The van der Waals surface area contributed by atoms with Crippen molar-refractivity contribution in [1.82, 2.24) is 10.3 Å². The quantitative estimate of drug-likeness (QED) is 0.368. The number of nitrogens with one attached hydrogen (secondary N) is 1. The van der Waals surface area contributed by atoms with Crippen LogP contribution in [0.15, 0.2) is 46.8 Å². The third kappa shape index (κ3) is 4.95. The Morgan fingerprint density at radius 3 is 2.67 bits per heavy atom. The summed E-state index contributed by atoms with van der Waals surface area (Å²) in [4.78, 5) is 28.9. The number of hydrogen-bond acceptors (Lipinski definition) is 7. The second kappa shape index (κ2) is 8.36. The molecule has 0 aliphatic heterocycles. The summed E-state index contributed by atoms with van der Waals surface area (Å²) < 4.78 is 1.46. The molecule has 1 heterocycles. The molecule has 0 radical (unpaired) electrons. The summed E-state index contributed by atoms with van der Waals surface area (Å²) in [5.41, 5.74) is 2.89. The van der Waals surface area contributed by atoms with Crippen LogP contribution in [-0.2, 0) is 11.3 Å². The summed E-state index contributed by atoms with van der Waals surface area (Å²) >= 11 is 2.68. The standard InChI is InChI=1S/C18H18N4O3S2/c1-21(2)13-5-3-12(4-6-13)10-19-17(23)11-26-18-20-15-8-7-14(22(24)25)9-16(15)27-18/h3-9H,10-11H2,1-2H3,(H,19,23). The first-order chi connectivity index (χ1) is 12.9. The van der Waals surface area contributed by atoms with Gasteiger partial charge in [0.05, 0.1) is 20.9 Å². The lowest BCUT2D eigenvalue weighted by Gasteiger charge is -2.12. The van der Waals surface area contributed by atoms with Crippen LogP contribution in [0.25, 0.3) is 10.2 Å². The van der Waals surface area contributed by atoms with Gasteiger partial charge in [0.1, 0.15) is 0 Å². The summed E-state index contributed by atoms with van der Waals surface area (Å²) in [6.07, 6.45) is 0. The Hall–Kier alpha value is -2.65. The van der Waals surface area contributed by atoms with Crippen molar-refractivity contribution in [3.8, 4) is 0 Å². The summed E-state index contributed by atoms with van der Waals surface area (Å²) in [6.45, 7) is 0.471. The zero-order valence-electron chi connectivity index (χ0n) is 14.8. The van der Waals surface area contributed by atoms with Gasteiger partial charge in [-0.05, 0) is 23.8 Å². The van der Waals surface area contributed by atoms with Crippen LogP contribution in [-0.4, -0.2) is 35.7 Å². The van der Waals surface area contributed by atoms with Gasteiger partial charge in [-0.15, -0.1) is 11.3 Å². The molecule has 27 heavy (non-hydrogen) atoms. The number of nitro groups is 1. The van der Waals surface area contributed by atoms with E-state index in [0.717, 1.165) is 20.3 Å². The van der Waals surface area contributed by atoms with Crippen molar-refractivity contribution in [2.45, 2.75) is 10.9 Å². The van der Waals surface area contributed by atoms with Crippen LogP contribution in [0, 0.1) is 10.1 Å². The molecule has 3 aromatic rings. The average molecular weight is 403 g/mol. The van der Waals surface area contributed by atoms with Crippen LogP contribution < -0.4 is 10.2 Å². The number of anilines is 1. The Kier molecular flexibility index (Phi) is 5.92. The van der Waals surface area contributed by atoms with E-state index in [0.29, 0.717) is 12.1 Å². The summed E-state index contributed by atoms with van der Waals surface area (Å²) in [6, 6.07) is 12.6. The highest BCUT2D eigenvalue weighted by Gasteiger charge is 2.12. The van der Waals surface area contributed by atoms with Crippen LogP contribution in [0.2, 0.25) is 0 Å². The molecule has 0 atom stereocenters. The number of nitrogens with zero attached hydrogens (tertiary/aromatic N) is 3. The molecular formula is C18H18N4O3S2. The van der Waals surface area contributed by atoms with Crippen LogP contribution in [0.3, 0.4) is 0 Å². The third-order valence-corrected chi connectivity index (χ3v) is 5.99. The van der Waals surface area contributed by atoms with E-state index in [1.165, 1.54) is 35.2 Å². The topological polar surface area (TPSA) is 88.4 Å². The largest absolute Gasteiger partial charge is 0.378 e. The van der Waals surface area contributed by atoms with Crippen molar-refractivity contribution in [1.29, 1.82) is 0 Å². The van der Waals surface area contributed by atoms with Crippen LogP contribution in [0.4, 0.5) is 11.4 Å². The number of non-ortho nitro benzene ring substituents is 1. The van der Waals surface area contributed by atoms with E-state index in [2.05, 4.69) is 10.3 Å². The lowest BCUT2D eigenvalue weighted by atomic mass is 10.2. The average Bonchev–Trinajstić information content (AvgIpc) is 3.07. The van der Waals surface area contributed by atoms with E-state index >= 15 is 0 Å². The monoisotopic (exact) mass is 402 g/mol. The molecule has 0 aliphatic rings. The molecule has 7 nitrogen and oxygen atoms in total. The van der Waals surface area contributed by atoms with Crippen molar-refractivity contribution in [3.63, 3.8) is 0 Å². The van der Waals surface area contributed by atoms with Crippen molar-refractivity contribution in [3.05, 3.63) is 58.1 Å². The van der Waals surface area contributed by atoms with Crippen LogP contribution in [0.5, 0.6) is 0 Å². The normalized spacial score (nSPS) is 10.7. The zero-order chi connectivity index (χ0) is 19.4. The van der Waals surface area contributed by atoms with Crippen molar-refractivity contribution in [2.75, 3.05) is 24.7 Å². The minimum absolute atomic E-state index is 0.0423. The Morgan fingerprint density at radius 1 is 1.26 bits per heavy atom. The predicted molar refractivity (Wildman–Crippen MR) is 110 cm³/mol. The molecule has 1 N–H and O–H groups in total. The van der Waals surface area contributed by atoms with Gasteiger partial charge in [0.15, 0.2) is 4.34 Å². The first kappa shape index (κ1) is 19.1. The summed E-state index contributed by atoms with van der Waals surface area (Å²) in [5.74, 6) is 0.166. The number of fused-ring (bicyclic) bond motifs is 1.